The molecule has 1 aromatic carbocycles. The summed E-state index contributed by atoms with van der Waals surface area (Å²) in [7, 11) is 0. The molecule has 0 aromatic heterocycles. The van der Waals surface area contributed by atoms with Gasteiger partial charge in [0.05, 0.1) is 11.1 Å². The summed E-state index contributed by atoms with van der Waals surface area (Å²) in [4.78, 5) is 4.31. The van der Waals surface area contributed by atoms with Gasteiger partial charge in [-0.25, -0.2) is 14.7 Å². The van der Waals surface area contributed by atoms with Crippen LogP contribution < -0.4 is 5.90 Å². The molecule has 0 bridgehead atoms. The number of nitrogens with two attached hydrogens (primary N) is 1. The van der Waals surface area contributed by atoms with Crippen molar-refractivity contribution in [2.75, 3.05) is 6.61 Å². The van der Waals surface area contributed by atoms with Gasteiger partial charge in [-0.05, 0) is 34.0 Å². The minimum Gasteiger partial charge on any atom is -0.304 e. The predicted octanol–water partition coefficient (Wildman–Crippen LogP) is 2.16. The van der Waals surface area contributed by atoms with Crippen molar-refractivity contribution < 1.29 is 13.6 Å². The van der Waals surface area contributed by atoms with Gasteiger partial charge in [0, 0.05) is 6.07 Å². The lowest BCUT2D eigenvalue weighted by molar-refractivity contribution is 0.141. The molecule has 13 heavy (non-hydrogen) atoms. The Morgan fingerprint density at radius 2 is 2.08 bits per heavy atom. The highest BCUT2D eigenvalue weighted by molar-refractivity contribution is 9.10. The van der Waals surface area contributed by atoms with E-state index in [2.05, 4.69) is 20.8 Å². The molecule has 0 fully saturated rings. The summed E-state index contributed by atoms with van der Waals surface area (Å²) in [6, 6.07) is 2.06. The van der Waals surface area contributed by atoms with Crippen LogP contribution in [0, 0.1) is 11.6 Å². The minimum atomic E-state index is -0.618. The summed E-state index contributed by atoms with van der Waals surface area (Å²) in [5.41, 5.74) is 0.503. The fourth-order valence-corrected chi connectivity index (χ4v) is 1.39. The third kappa shape index (κ3) is 2.72. The maximum atomic E-state index is 12.9. The maximum Gasteiger partial charge on any atom is 0.140 e. The zero-order valence-electron chi connectivity index (χ0n) is 6.69. The van der Waals surface area contributed by atoms with Gasteiger partial charge in [0.25, 0.3) is 0 Å². The number of rotatable bonds is 3. The minimum absolute atomic E-state index is 0.224. The zero-order valence-corrected chi connectivity index (χ0v) is 8.27. The van der Waals surface area contributed by atoms with E-state index in [1.807, 2.05) is 0 Å². The van der Waals surface area contributed by atoms with Gasteiger partial charge in [-0.15, -0.1) is 0 Å². The summed E-state index contributed by atoms with van der Waals surface area (Å²) >= 11 is 3.01. The van der Waals surface area contributed by atoms with Gasteiger partial charge in [-0.3, -0.25) is 0 Å². The molecule has 0 radical (unpaired) electrons. The molecule has 0 saturated carbocycles. The van der Waals surface area contributed by atoms with Crippen molar-refractivity contribution in [1.82, 2.24) is 0 Å². The van der Waals surface area contributed by atoms with Gasteiger partial charge in [0.2, 0.25) is 0 Å². The Balaban J connectivity index is 2.92. The zero-order chi connectivity index (χ0) is 9.84. The lowest BCUT2D eigenvalue weighted by atomic mass is 10.1. The molecule has 1 aromatic rings. The number of benzene rings is 1. The first-order valence-electron chi connectivity index (χ1n) is 3.60. The molecule has 5 heteroatoms. The highest BCUT2D eigenvalue weighted by Gasteiger charge is 2.08. The highest BCUT2D eigenvalue weighted by Crippen LogP contribution is 2.22. The first-order valence-corrected chi connectivity index (χ1v) is 4.39. The average Bonchev–Trinajstić information content (AvgIpc) is 2.09. The first kappa shape index (κ1) is 10.6. The van der Waals surface area contributed by atoms with Crippen LogP contribution in [0.4, 0.5) is 8.78 Å². The number of hydrogen-bond donors (Lipinski definition) is 1. The van der Waals surface area contributed by atoms with E-state index < -0.39 is 11.6 Å². The highest BCUT2D eigenvalue weighted by atomic mass is 79.9. The molecule has 1 rings (SSSR count). The second-order valence-corrected chi connectivity index (χ2v) is 3.27. The van der Waals surface area contributed by atoms with E-state index in [9.17, 15) is 8.78 Å². The Labute approximate surface area is 82.8 Å². The predicted molar refractivity (Wildman–Crippen MR) is 47.9 cm³/mol. The van der Waals surface area contributed by atoms with E-state index in [0.717, 1.165) is 6.07 Å². The van der Waals surface area contributed by atoms with Gasteiger partial charge in [-0.1, -0.05) is 0 Å². The summed E-state index contributed by atoms with van der Waals surface area (Å²) in [5, 5.41) is 0. The van der Waals surface area contributed by atoms with Crippen LogP contribution in [0.3, 0.4) is 0 Å². The monoisotopic (exact) mass is 251 g/mol. The van der Waals surface area contributed by atoms with Crippen LogP contribution in [0.1, 0.15) is 5.56 Å². The molecule has 0 aliphatic carbocycles. The molecule has 0 saturated heterocycles. The third-order valence-electron chi connectivity index (χ3n) is 1.56. The first-order chi connectivity index (χ1) is 6.15. The number of hydrogen-bond acceptors (Lipinski definition) is 2. The molecule has 0 atom stereocenters. The van der Waals surface area contributed by atoms with E-state index in [1.165, 1.54) is 6.07 Å². The smallest absolute Gasteiger partial charge is 0.140 e. The van der Waals surface area contributed by atoms with Gasteiger partial charge in [-0.2, -0.15) is 0 Å². The maximum absolute atomic E-state index is 12.9. The van der Waals surface area contributed by atoms with Crippen molar-refractivity contribution in [2.45, 2.75) is 6.42 Å². The standard InChI is InChI=1S/C8H8BrF2NO/c9-8-5(1-2-13-12)3-6(10)4-7(8)11/h3-4H,1-2,12H2. The van der Waals surface area contributed by atoms with Crippen LogP contribution in [0.15, 0.2) is 16.6 Å². The Kier molecular flexibility index (Phi) is 3.77. The van der Waals surface area contributed by atoms with Gasteiger partial charge in [0.1, 0.15) is 11.6 Å². The van der Waals surface area contributed by atoms with Crippen molar-refractivity contribution in [3.63, 3.8) is 0 Å². The molecule has 0 amide bonds. The molecule has 0 aliphatic rings. The Morgan fingerprint density at radius 3 is 2.69 bits per heavy atom. The topological polar surface area (TPSA) is 35.2 Å². The van der Waals surface area contributed by atoms with Crippen molar-refractivity contribution in [3.8, 4) is 0 Å². The second-order valence-electron chi connectivity index (χ2n) is 2.48. The van der Waals surface area contributed by atoms with E-state index >= 15 is 0 Å². The normalized spacial score (nSPS) is 10.5. The molecular formula is C8H8BrF2NO. The van der Waals surface area contributed by atoms with Crippen LogP contribution in [-0.4, -0.2) is 6.61 Å². The summed E-state index contributed by atoms with van der Waals surface area (Å²) in [6.07, 6.45) is 0.367. The Bertz CT molecular complexity index is 306. The largest absolute Gasteiger partial charge is 0.304 e. The summed E-state index contributed by atoms with van der Waals surface area (Å²) in [6.45, 7) is 0.224. The average molecular weight is 252 g/mol. The third-order valence-corrected chi connectivity index (χ3v) is 2.45. The quantitative estimate of drug-likeness (QED) is 0.660. The molecule has 0 aliphatic heterocycles. The molecule has 2 N–H and O–H groups in total. The lowest BCUT2D eigenvalue weighted by Crippen LogP contribution is -2.05. The number of halogens is 3. The molecule has 2 nitrogen and oxygen atoms in total. The fourth-order valence-electron chi connectivity index (χ4n) is 0.960. The summed E-state index contributed by atoms with van der Waals surface area (Å²) in [5.74, 6) is 3.58. The molecule has 0 heterocycles. The van der Waals surface area contributed by atoms with E-state index in [-0.39, 0.29) is 11.1 Å². The van der Waals surface area contributed by atoms with E-state index in [1.54, 1.807) is 0 Å². The van der Waals surface area contributed by atoms with Crippen LogP contribution in [0.25, 0.3) is 0 Å². The van der Waals surface area contributed by atoms with Gasteiger partial charge < -0.3 is 4.84 Å². The van der Waals surface area contributed by atoms with Gasteiger partial charge in [0.15, 0.2) is 0 Å². The van der Waals surface area contributed by atoms with Crippen LogP contribution in [0.2, 0.25) is 0 Å². The van der Waals surface area contributed by atoms with Crippen molar-refractivity contribution in [1.29, 1.82) is 0 Å². The lowest BCUT2D eigenvalue weighted by Gasteiger charge is -2.04. The summed E-state index contributed by atoms with van der Waals surface area (Å²) < 4.78 is 25.9. The SMILES string of the molecule is NOCCc1cc(F)cc(F)c1Br. The molecule has 72 valence electrons. The van der Waals surface area contributed by atoms with Crippen molar-refractivity contribution in [3.05, 3.63) is 33.8 Å². The van der Waals surface area contributed by atoms with Crippen LogP contribution in [0.5, 0.6) is 0 Å². The second kappa shape index (κ2) is 4.64. The molecule has 0 unspecified atom stereocenters. The van der Waals surface area contributed by atoms with Crippen molar-refractivity contribution >= 4 is 15.9 Å². The van der Waals surface area contributed by atoms with Crippen LogP contribution in [-0.2, 0) is 11.3 Å². The Morgan fingerprint density at radius 1 is 1.38 bits per heavy atom. The molecule has 0 spiro atoms. The van der Waals surface area contributed by atoms with Crippen LogP contribution >= 0.6 is 15.9 Å². The fraction of sp³-hybridized carbons (Fsp3) is 0.250. The molecular weight excluding hydrogens is 244 g/mol. The Hall–Kier alpha value is -0.520. The van der Waals surface area contributed by atoms with E-state index in [0.29, 0.717) is 12.0 Å². The van der Waals surface area contributed by atoms with Crippen molar-refractivity contribution in [2.24, 2.45) is 5.90 Å². The van der Waals surface area contributed by atoms with E-state index in [4.69, 9.17) is 5.90 Å². The van der Waals surface area contributed by atoms with Gasteiger partial charge >= 0.3 is 0 Å².